The van der Waals surface area contributed by atoms with Gasteiger partial charge in [-0.15, -0.1) is 11.3 Å². The van der Waals surface area contributed by atoms with Crippen LogP contribution in [0.1, 0.15) is 12.6 Å². The highest BCUT2D eigenvalue weighted by atomic mass is 35.5. The molecule has 3 aromatic rings. The zero-order valence-corrected chi connectivity index (χ0v) is 16.2. The van der Waals surface area contributed by atoms with Crippen molar-refractivity contribution in [2.24, 2.45) is 0 Å². The molecule has 0 bridgehead atoms. The average Bonchev–Trinajstić information content (AvgIpc) is 3.05. The summed E-state index contributed by atoms with van der Waals surface area (Å²) in [4.78, 5) is 26.5. The largest absolute Gasteiger partial charge is 0.274 e. The highest BCUT2D eigenvalue weighted by Gasteiger charge is 2.19. The maximum atomic E-state index is 12.1. The summed E-state index contributed by atoms with van der Waals surface area (Å²) < 4.78 is 0. The summed E-state index contributed by atoms with van der Waals surface area (Å²) in [6.07, 6.45) is 3.40. The minimum atomic E-state index is -0.154. The smallest absolute Gasteiger partial charge is 0.230 e. The van der Waals surface area contributed by atoms with Gasteiger partial charge in [0.2, 0.25) is 5.91 Å². The number of amides is 1. The van der Waals surface area contributed by atoms with E-state index in [0.29, 0.717) is 31.8 Å². The van der Waals surface area contributed by atoms with Gasteiger partial charge in [0.1, 0.15) is 0 Å². The monoisotopic (exact) mass is 410 g/mol. The Morgan fingerprint density at radius 2 is 2.00 bits per heavy atom. The van der Waals surface area contributed by atoms with Crippen molar-refractivity contribution in [1.29, 1.82) is 0 Å². The Bertz CT molecular complexity index is 889. The molecule has 0 atom stereocenters. The Kier molecular flexibility index (Phi) is 5.90. The first-order valence-corrected chi connectivity index (χ1v) is 9.76. The Hall–Kier alpha value is -1.67. The molecule has 2 heterocycles. The summed E-state index contributed by atoms with van der Waals surface area (Å²) in [7, 11) is 0. The number of benzene rings is 1. The number of thioether (sulfide) groups is 1. The fourth-order valence-electron chi connectivity index (χ4n) is 2.01. The molecular formula is C16H12Cl2N4OS2. The van der Waals surface area contributed by atoms with E-state index in [1.165, 1.54) is 34.9 Å². The molecule has 0 saturated heterocycles. The molecule has 0 aliphatic rings. The second kappa shape index (κ2) is 8.14. The third-order valence-electron chi connectivity index (χ3n) is 3.10. The number of halogens is 2. The Balaban J connectivity index is 1.80. The number of hydrogen-bond donors (Lipinski definition) is 0. The molecule has 0 fully saturated rings. The molecule has 0 N–H and O–H groups in total. The first-order valence-electron chi connectivity index (χ1n) is 7.14. The van der Waals surface area contributed by atoms with E-state index >= 15 is 0 Å². The molecular weight excluding hydrogens is 399 g/mol. The van der Waals surface area contributed by atoms with Gasteiger partial charge < -0.3 is 0 Å². The number of thiazole rings is 1. The van der Waals surface area contributed by atoms with Gasteiger partial charge in [0.05, 0.1) is 21.4 Å². The third kappa shape index (κ3) is 4.49. The molecule has 0 spiro atoms. The standard InChI is InChI=1S/C16H12Cl2N4OS2/c1-10(23)22(12-3-4-13(17)14(18)7-12)16-21-11(9-25-16)8-24-15-19-5-2-6-20-15/h2-7,9H,8H2,1H3. The van der Waals surface area contributed by atoms with Crippen LogP contribution in [0.25, 0.3) is 0 Å². The number of anilines is 2. The second-order valence-corrected chi connectivity index (χ2v) is 7.49. The maximum Gasteiger partial charge on any atom is 0.230 e. The molecule has 2 aromatic heterocycles. The zero-order chi connectivity index (χ0) is 17.8. The first kappa shape index (κ1) is 18.1. The number of nitrogens with zero attached hydrogens (tertiary/aromatic N) is 4. The predicted molar refractivity (Wildman–Crippen MR) is 103 cm³/mol. The van der Waals surface area contributed by atoms with Crippen LogP contribution in [0.5, 0.6) is 0 Å². The normalized spacial score (nSPS) is 10.7. The summed E-state index contributed by atoms with van der Waals surface area (Å²) in [6, 6.07) is 6.82. The van der Waals surface area contributed by atoms with Crippen LogP contribution in [-0.2, 0) is 10.5 Å². The van der Waals surface area contributed by atoms with Gasteiger partial charge in [-0.3, -0.25) is 9.69 Å². The fourth-order valence-corrected chi connectivity index (χ4v) is 4.00. The summed E-state index contributed by atoms with van der Waals surface area (Å²) in [5.74, 6) is 0.464. The number of rotatable bonds is 5. The number of hydrogen-bond acceptors (Lipinski definition) is 6. The molecule has 0 aliphatic heterocycles. The van der Waals surface area contributed by atoms with Gasteiger partial charge >= 0.3 is 0 Å². The fraction of sp³-hybridized carbons (Fsp3) is 0.125. The summed E-state index contributed by atoms with van der Waals surface area (Å²) >= 11 is 14.9. The molecule has 128 valence electrons. The van der Waals surface area contributed by atoms with Gasteiger partial charge in [0, 0.05) is 30.5 Å². The van der Waals surface area contributed by atoms with Gasteiger partial charge in [-0.2, -0.15) is 0 Å². The molecule has 3 rings (SSSR count). The predicted octanol–water partition coefficient (Wildman–Crippen LogP) is 5.22. The Labute approximate surface area is 163 Å². The van der Waals surface area contributed by atoms with Crippen molar-refractivity contribution in [3.05, 3.63) is 57.8 Å². The molecule has 0 saturated carbocycles. The SMILES string of the molecule is CC(=O)N(c1ccc(Cl)c(Cl)c1)c1nc(CSc2ncccn2)cs1. The number of carbonyl (C=O) groups excluding carboxylic acids is 1. The topological polar surface area (TPSA) is 59.0 Å². The molecule has 0 unspecified atom stereocenters. The lowest BCUT2D eigenvalue weighted by Gasteiger charge is -2.18. The van der Waals surface area contributed by atoms with Crippen molar-refractivity contribution in [3.8, 4) is 0 Å². The lowest BCUT2D eigenvalue weighted by molar-refractivity contribution is -0.115. The van der Waals surface area contributed by atoms with Crippen molar-refractivity contribution in [2.45, 2.75) is 17.8 Å². The van der Waals surface area contributed by atoms with Crippen LogP contribution in [-0.4, -0.2) is 20.9 Å². The first-order chi connectivity index (χ1) is 12.0. The average molecular weight is 411 g/mol. The van der Waals surface area contributed by atoms with Crippen molar-refractivity contribution < 1.29 is 4.79 Å². The molecule has 25 heavy (non-hydrogen) atoms. The van der Waals surface area contributed by atoms with Crippen molar-refractivity contribution in [3.63, 3.8) is 0 Å². The van der Waals surface area contributed by atoms with Crippen molar-refractivity contribution >= 4 is 63.0 Å². The van der Waals surface area contributed by atoms with Crippen LogP contribution in [0, 0.1) is 0 Å². The van der Waals surface area contributed by atoms with Crippen LogP contribution in [0.2, 0.25) is 10.0 Å². The Morgan fingerprint density at radius 1 is 1.24 bits per heavy atom. The van der Waals surface area contributed by atoms with Crippen molar-refractivity contribution in [1.82, 2.24) is 15.0 Å². The molecule has 1 aromatic carbocycles. The maximum absolute atomic E-state index is 12.1. The van der Waals surface area contributed by atoms with E-state index in [2.05, 4.69) is 15.0 Å². The van der Waals surface area contributed by atoms with Crippen LogP contribution < -0.4 is 4.90 Å². The van der Waals surface area contributed by atoms with E-state index in [1.54, 1.807) is 36.7 Å². The van der Waals surface area contributed by atoms with Gasteiger partial charge in [-0.1, -0.05) is 35.0 Å². The minimum absolute atomic E-state index is 0.154. The molecule has 9 heteroatoms. The van der Waals surface area contributed by atoms with E-state index in [0.717, 1.165) is 5.69 Å². The summed E-state index contributed by atoms with van der Waals surface area (Å²) in [5, 5.41) is 4.01. The molecule has 5 nitrogen and oxygen atoms in total. The lowest BCUT2D eigenvalue weighted by atomic mass is 10.3. The molecule has 0 aliphatic carbocycles. The summed E-state index contributed by atoms with van der Waals surface area (Å²) in [6.45, 7) is 1.48. The van der Waals surface area contributed by atoms with E-state index in [9.17, 15) is 4.79 Å². The second-order valence-electron chi connectivity index (χ2n) is 4.89. The van der Waals surface area contributed by atoms with Gasteiger partial charge in [-0.25, -0.2) is 15.0 Å². The van der Waals surface area contributed by atoms with Gasteiger partial charge in [-0.05, 0) is 24.3 Å². The van der Waals surface area contributed by atoms with E-state index < -0.39 is 0 Å². The third-order valence-corrected chi connectivity index (χ3v) is 5.62. The summed E-state index contributed by atoms with van der Waals surface area (Å²) in [5.41, 5.74) is 1.48. The van der Waals surface area contributed by atoms with Crippen LogP contribution in [0.4, 0.5) is 10.8 Å². The van der Waals surface area contributed by atoms with Gasteiger partial charge in [0.15, 0.2) is 10.3 Å². The zero-order valence-electron chi connectivity index (χ0n) is 13.0. The van der Waals surface area contributed by atoms with Gasteiger partial charge in [0.25, 0.3) is 0 Å². The lowest BCUT2D eigenvalue weighted by Crippen LogP contribution is -2.22. The van der Waals surface area contributed by atoms with Crippen molar-refractivity contribution in [2.75, 3.05) is 4.90 Å². The highest BCUT2D eigenvalue weighted by Crippen LogP contribution is 2.34. The Morgan fingerprint density at radius 3 is 2.68 bits per heavy atom. The van der Waals surface area contributed by atoms with Crippen LogP contribution >= 0.6 is 46.3 Å². The highest BCUT2D eigenvalue weighted by molar-refractivity contribution is 7.98. The number of carbonyl (C=O) groups is 1. The molecule has 1 amide bonds. The van der Waals surface area contributed by atoms with E-state index in [-0.39, 0.29) is 5.91 Å². The van der Waals surface area contributed by atoms with E-state index in [1.807, 2.05) is 5.38 Å². The van der Waals surface area contributed by atoms with Crippen LogP contribution in [0.15, 0.2) is 47.2 Å². The molecule has 0 radical (unpaired) electrons. The van der Waals surface area contributed by atoms with E-state index in [4.69, 9.17) is 23.2 Å². The minimum Gasteiger partial charge on any atom is -0.274 e. The number of aromatic nitrogens is 3. The quantitative estimate of drug-likeness (QED) is 0.426. The van der Waals surface area contributed by atoms with Crippen LogP contribution in [0.3, 0.4) is 0 Å².